The van der Waals surface area contributed by atoms with Crippen LogP contribution in [-0.2, 0) is 6.54 Å². The summed E-state index contributed by atoms with van der Waals surface area (Å²) in [5.74, 6) is 0.658. The van der Waals surface area contributed by atoms with Crippen molar-refractivity contribution in [1.82, 2.24) is 10.2 Å². The fourth-order valence-corrected chi connectivity index (χ4v) is 4.35. The Morgan fingerprint density at radius 1 is 1.31 bits per heavy atom. The Balaban J connectivity index is 1.42. The average molecular weight is 358 g/mol. The molecule has 1 aromatic carbocycles. The number of methoxy groups -OCH3 is 1. The molecule has 6 heteroatoms. The van der Waals surface area contributed by atoms with E-state index in [2.05, 4.69) is 10.2 Å². The number of amides is 1. The van der Waals surface area contributed by atoms with Gasteiger partial charge in [-0.3, -0.25) is 9.69 Å². The van der Waals surface area contributed by atoms with E-state index in [1.807, 2.05) is 12.1 Å². The second-order valence-electron chi connectivity index (χ2n) is 7.12. The van der Waals surface area contributed by atoms with Gasteiger partial charge in [0.15, 0.2) is 0 Å². The molecule has 2 fully saturated rings. The highest BCUT2D eigenvalue weighted by Gasteiger charge is 2.41. The minimum Gasteiger partial charge on any atom is -0.496 e. The van der Waals surface area contributed by atoms with Crippen molar-refractivity contribution >= 4 is 5.91 Å². The molecular formula is C20H23FN2O3. The highest BCUT2D eigenvalue weighted by atomic mass is 19.1. The van der Waals surface area contributed by atoms with Gasteiger partial charge < -0.3 is 14.5 Å². The first kappa shape index (κ1) is 17.1. The number of fused-ring (bicyclic) bond motifs is 2. The zero-order chi connectivity index (χ0) is 18.1. The number of halogens is 1. The van der Waals surface area contributed by atoms with Gasteiger partial charge >= 0.3 is 0 Å². The quantitative estimate of drug-likeness (QED) is 0.891. The van der Waals surface area contributed by atoms with Gasteiger partial charge in [0, 0.05) is 18.1 Å². The van der Waals surface area contributed by atoms with Crippen LogP contribution in [0.3, 0.4) is 0 Å². The van der Waals surface area contributed by atoms with E-state index >= 15 is 0 Å². The second kappa shape index (κ2) is 7.11. The molecule has 138 valence electrons. The summed E-state index contributed by atoms with van der Waals surface area (Å²) < 4.78 is 24.2. The molecule has 0 radical (unpaired) electrons. The second-order valence-corrected chi connectivity index (χ2v) is 7.12. The zero-order valence-corrected chi connectivity index (χ0v) is 14.8. The van der Waals surface area contributed by atoms with Crippen LogP contribution in [0.15, 0.2) is 41.0 Å². The number of hydrogen-bond acceptors (Lipinski definition) is 4. The molecule has 2 bridgehead atoms. The van der Waals surface area contributed by atoms with E-state index in [9.17, 15) is 9.18 Å². The Kier molecular flexibility index (Phi) is 4.68. The van der Waals surface area contributed by atoms with Crippen molar-refractivity contribution in [2.24, 2.45) is 0 Å². The van der Waals surface area contributed by atoms with Crippen LogP contribution in [-0.4, -0.2) is 36.0 Å². The molecule has 3 atom stereocenters. The summed E-state index contributed by atoms with van der Waals surface area (Å²) in [5.41, 5.74) is 0.248. The van der Waals surface area contributed by atoms with Crippen LogP contribution in [0.1, 0.15) is 41.8 Å². The number of hydrogen-bond donors (Lipinski definition) is 1. The summed E-state index contributed by atoms with van der Waals surface area (Å²) >= 11 is 0. The Hall–Kier alpha value is -2.34. The maximum Gasteiger partial charge on any atom is 0.255 e. The van der Waals surface area contributed by atoms with E-state index in [1.54, 1.807) is 6.26 Å². The molecule has 1 N–H and O–H groups in total. The Bertz CT molecular complexity index is 763. The van der Waals surface area contributed by atoms with Gasteiger partial charge in [-0.15, -0.1) is 0 Å². The predicted molar refractivity (Wildman–Crippen MR) is 94.5 cm³/mol. The maximum atomic E-state index is 13.5. The van der Waals surface area contributed by atoms with Crippen LogP contribution in [0.5, 0.6) is 5.75 Å². The largest absolute Gasteiger partial charge is 0.496 e. The van der Waals surface area contributed by atoms with Crippen LogP contribution in [0, 0.1) is 5.82 Å². The molecule has 5 nitrogen and oxygen atoms in total. The molecule has 2 aliphatic heterocycles. The van der Waals surface area contributed by atoms with Gasteiger partial charge in [-0.1, -0.05) is 0 Å². The predicted octanol–water partition coefficient (Wildman–Crippen LogP) is 3.35. The van der Waals surface area contributed by atoms with Gasteiger partial charge in [-0.2, -0.15) is 0 Å². The fraction of sp³-hybridized carbons (Fsp3) is 0.450. The molecule has 3 heterocycles. The van der Waals surface area contributed by atoms with E-state index in [-0.39, 0.29) is 17.5 Å². The highest BCUT2D eigenvalue weighted by Crippen LogP contribution is 2.37. The first-order chi connectivity index (χ1) is 12.6. The first-order valence-electron chi connectivity index (χ1n) is 9.06. The number of rotatable bonds is 5. The van der Waals surface area contributed by atoms with E-state index in [0.717, 1.165) is 38.0 Å². The van der Waals surface area contributed by atoms with Gasteiger partial charge in [-0.05, 0) is 56.0 Å². The standard InChI is InChI=1S/C20H23FN2O3/c1-25-19-7-4-13(21)9-18(19)20(24)22-14-10-15-5-6-16(11-14)23(15)12-17-3-2-8-26-17/h2-4,7-9,14-16H,5-6,10-12H2,1H3,(H,22,24)/t14?,15-,16+. The molecule has 0 aliphatic carbocycles. The normalized spacial score (nSPS) is 25.2. The molecule has 1 unspecified atom stereocenters. The summed E-state index contributed by atoms with van der Waals surface area (Å²) in [5, 5.41) is 3.08. The van der Waals surface area contributed by atoms with E-state index in [1.165, 1.54) is 25.3 Å². The van der Waals surface area contributed by atoms with Crippen molar-refractivity contribution in [3.8, 4) is 5.75 Å². The van der Waals surface area contributed by atoms with Crippen molar-refractivity contribution in [3.05, 3.63) is 53.7 Å². The molecular weight excluding hydrogens is 335 g/mol. The summed E-state index contributed by atoms with van der Waals surface area (Å²) in [4.78, 5) is 15.1. The van der Waals surface area contributed by atoms with E-state index in [4.69, 9.17) is 9.15 Å². The van der Waals surface area contributed by atoms with Crippen LogP contribution in [0.25, 0.3) is 0 Å². The lowest BCUT2D eigenvalue weighted by Crippen LogP contribution is -2.50. The number of nitrogens with one attached hydrogen (secondary N) is 1. The third kappa shape index (κ3) is 3.33. The molecule has 1 amide bonds. The zero-order valence-electron chi connectivity index (χ0n) is 14.8. The van der Waals surface area contributed by atoms with Gasteiger partial charge in [0.1, 0.15) is 17.3 Å². The van der Waals surface area contributed by atoms with Crippen LogP contribution < -0.4 is 10.1 Å². The maximum absolute atomic E-state index is 13.5. The molecule has 2 aromatic rings. The SMILES string of the molecule is COc1ccc(F)cc1C(=O)NC1C[C@H]2CC[C@@H](C1)N2Cc1ccco1. The number of carbonyl (C=O) groups is 1. The smallest absolute Gasteiger partial charge is 0.255 e. The molecule has 0 saturated carbocycles. The van der Waals surface area contributed by atoms with Gasteiger partial charge in [0.05, 0.1) is 25.5 Å². The minimum atomic E-state index is -0.440. The van der Waals surface area contributed by atoms with Crippen molar-refractivity contribution in [1.29, 1.82) is 0 Å². The highest BCUT2D eigenvalue weighted by molar-refractivity contribution is 5.97. The lowest BCUT2D eigenvalue weighted by atomic mass is 9.96. The van der Waals surface area contributed by atoms with E-state index in [0.29, 0.717) is 17.8 Å². The summed E-state index contributed by atoms with van der Waals surface area (Å²) in [7, 11) is 1.48. The molecule has 2 aliphatic rings. The minimum absolute atomic E-state index is 0.0980. The summed E-state index contributed by atoms with van der Waals surface area (Å²) in [6.07, 6.45) is 5.79. The number of piperidine rings is 1. The van der Waals surface area contributed by atoms with Crippen LogP contribution in [0.2, 0.25) is 0 Å². The van der Waals surface area contributed by atoms with Crippen molar-refractivity contribution in [2.45, 2.75) is 50.4 Å². The lowest BCUT2D eigenvalue weighted by molar-refractivity contribution is 0.0803. The Morgan fingerprint density at radius 3 is 2.73 bits per heavy atom. The molecule has 26 heavy (non-hydrogen) atoms. The number of carbonyl (C=O) groups excluding carboxylic acids is 1. The topological polar surface area (TPSA) is 54.7 Å². The molecule has 2 saturated heterocycles. The number of nitrogens with zero attached hydrogens (tertiary/aromatic N) is 1. The van der Waals surface area contributed by atoms with Crippen LogP contribution in [0.4, 0.5) is 4.39 Å². The van der Waals surface area contributed by atoms with Crippen molar-refractivity contribution in [2.75, 3.05) is 7.11 Å². The van der Waals surface area contributed by atoms with E-state index < -0.39 is 5.82 Å². The fourth-order valence-electron chi connectivity index (χ4n) is 4.35. The third-order valence-corrected chi connectivity index (χ3v) is 5.54. The summed E-state index contributed by atoms with van der Waals surface area (Å²) in [6.45, 7) is 0.820. The van der Waals surface area contributed by atoms with Gasteiger partial charge in [0.2, 0.25) is 0 Å². The first-order valence-corrected chi connectivity index (χ1v) is 9.06. The number of furan rings is 1. The lowest BCUT2D eigenvalue weighted by Gasteiger charge is -2.38. The average Bonchev–Trinajstić information content (AvgIpc) is 3.22. The van der Waals surface area contributed by atoms with Crippen LogP contribution >= 0.6 is 0 Å². The Morgan fingerprint density at radius 2 is 2.08 bits per heavy atom. The van der Waals surface area contributed by atoms with Crippen molar-refractivity contribution in [3.63, 3.8) is 0 Å². The Labute approximate surface area is 152 Å². The number of ether oxygens (including phenoxy) is 1. The third-order valence-electron chi connectivity index (χ3n) is 5.54. The molecule has 4 rings (SSSR count). The number of benzene rings is 1. The molecule has 0 spiro atoms. The monoisotopic (exact) mass is 358 g/mol. The molecule has 1 aromatic heterocycles. The van der Waals surface area contributed by atoms with Gasteiger partial charge in [0.25, 0.3) is 5.91 Å². The summed E-state index contributed by atoms with van der Waals surface area (Å²) in [6, 6.07) is 8.91. The van der Waals surface area contributed by atoms with Gasteiger partial charge in [-0.25, -0.2) is 4.39 Å². The van der Waals surface area contributed by atoms with Crippen molar-refractivity contribution < 1.29 is 18.3 Å².